The molecule has 4 nitrogen and oxygen atoms in total. The average molecular weight is 258 g/mol. The molecule has 1 aromatic heterocycles. The Morgan fingerprint density at radius 1 is 1.32 bits per heavy atom. The van der Waals surface area contributed by atoms with E-state index in [4.69, 9.17) is 0 Å². The molecule has 0 aliphatic rings. The Morgan fingerprint density at radius 2 is 2.05 bits per heavy atom. The maximum Gasteiger partial charge on any atom is 0.354 e. The van der Waals surface area contributed by atoms with E-state index < -0.39 is 5.97 Å². The molecule has 2 rings (SSSR count). The van der Waals surface area contributed by atoms with Gasteiger partial charge in [0.1, 0.15) is 5.69 Å². The molecule has 0 saturated heterocycles. The van der Waals surface area contributed by atoms with Gasteiger partial charge in [-0.2, -0.15) is 5.10 Å². The molecule has 0 bridgehead atoms. The van der Waals surface area contributed by atoms with Crippen molar-refractivity contribution in [3.8, 4) is 0 Å². The van der Waals surface area contributed by atoms with Crippen LogP contribution >= 0.6 is 0 Å². The summed E-state index contributed by atoms with van der Waals surface area (Å²) in [6.45, 7) is 6.52. The minimum absolute atomic E-state index is 0.248. The number of benzene rings is 1. The van der Waals surface area contributed by atoms with Gasteiger partial charge >= 0.3 is 5.97 Å². The van der Waals surface area contributed by atoms with Crippen LogP contribution in [-0.2, 0) is 13.0 Å². The molecule has 0 fully saturated rings. The smallest absolute Gasteiger partial charge is 0.354 e. The minimum Gasteiger partial charge on any atom is -0.477 e. The summed E-state index contributed by atoms with van der Waals surface area (Å²) in [6.07, 6.45) is 0.736. The Hall–Kier alpha value is -2.10. The highest BCUT2D eigenvalue weighted by Gasteiger charge is 2.14. The number of hydrogen-bond acceptors (Lipinski definition) is 2. The lowest BCUT2D eigenvalue weighted by atomic mass is 10.1. The monoisotopic (exact) mass is 258 g/mol. The normalized spacial score (nSPS) is 10.7. The molecular weight excluding hydrogens is 240 g/mol. The third-order valence-electron chi connectivity index (χ3n) is 3.24. The quantitative estimate of drug-likeness (QED) is 0.917. The van der Waals surface area contributed by atoms with Crippen LogP contribution in [0.25, 0.3) is 0 Å². The first-order chi connectivity index (χ1) is 9.01. The van der Waals surface area contributed by atoms with Crippen LogP contribution in [0.15, 0.2) is 24.3 Å². The third-order valence-corrected chi connectivity index (χ3v) is 3.24. The number of nitrogens with zero attached hydrogens (tertiary/aromatic N) is 2. The number of carboxylic acid groups (broad SMARTS) is 1. The number of rotatable bonds is 4. The van der Waals surface area contributed by atoms with Crippen molar-refractivity contribution in [2.75, 3.05) is 0 Å². The van der Waals surface area contributed by atoms with E-state index in [-0.39, 0.29) is 5.69 Å². The molecule has 4 heteroatoms. The van der Waals surface area contributed by atoms with Crippen molar-refractivity contribution in [2.45, 2.75) is 33.7 Å². The van der Waals surface area contributed by atoms with Crippen molar-refractivity contribution < 1.29 is 9.90 Å². The first kappa shape index (κ1) is 13.3. The van der Waals surface area contributed by atoms with Gasteiger partial charge in [-0.05, 0) is 37.5 Å². The molecule has 1 heterocycles. The van der Waals surface area contributed by atoms with Crippen molar-refractivity contribution in [1.29, 1.82) is 0 Å². The Bertz CT molecular complexity index is 615. The van der Waals surface area contributed by atoms with Crippen molar-refractivity contribution in [2.24, 2.45) is 0 Å². The van der Waals surface area contributed by atoms with Crippen LogP contribution < -0.4 is 0 Å². The van der Waals surface area contributed by atoms with Gasteiger partial charge in [0.05, 0.1) is 12.2 Å². The molecule has 0 amide bonds. The Balaban J connectivity index is 2.39. The second kappa shape index (κ2) is 5.26. The summed E-state index contributed by atoms with van der Waals surface area (Å²) >= 11 is 0. The molecule has 0 saturated carbocycles. The fourth-order valence-electron chi connectivity index (χ4n) is 2.07. The van der Waals surface area contributed by atoms with Gasteiger partial charge in [0, 0.05) is 0 Å². The Labute approximate surface area is 112 Å². The van der Waals surface area contributed by atoms with Gasteiger partial charge in [-0.3, -0.25) is 4.68 Å². The SMILES string of the molecule is CCc1cc(C(=O)O)n(Cc2cc(C)ccc2C)n1. The molecule has 0 unspecified atom stereocenters. The molecule has 0 radical (unpaired) electrons. The van der Waals surface area contributed by atoms with E-state index in [0.29, 0.717) is 6.54 Å². The zero-order chi connectivity index (χ0) is 14.0. The van der Waals surface area contributed by atoms with E-state index in [1.165, 1.54) is 5.56 Å². The van der Waals surface area contributed by atoms with E-state index >= 15 is 0 Å². The maximum absolute atomic E-state index is 11.2. The summed E-state index contributed by atoms with van der Waals surface area (Å²) in [4.78, 5) is 11.2. The molecule has 1 N–H and O–H groups in total. The summed E-state index contributed by atoms with van der Waals surface area (Å²) in [5, 5.41) is 13.6. The highest BCUT2D eigenvalue weighted by Crippen LogP contribution is 2.14. The van der Waals surface area contributed by atoms with Crippen molar-refractivity contribution >= 4 is 5.97 Å². The predicted molar refractivity (Wildman–Crippen MR) is 73.6 cm³/mol. The summed E-state index contributed by atoms with van der Waals surface area (Å²) in [7, 11) is 0. The van der Waals surface area contributed by atoms with Gasteiger partial charge in [0.15, 0.2) is 0 Å². The lowest BCUT2D eigenvalue weighted by molar-refractivity contribution is 0.0684. The molecule has 0 aliphatic heterocycles. The number of hydrogen-bond donors (Lipinski definition) is 1. The van der Waals surface area contributed by atoms with Gasteiger partial charge in [-0.15, -0.1) is 0 Å². The fourth-order valence-corrected chi connectivity index (χ4v) is 2.07. The molecule has 0 atom stereocenters. The van der Waals surface area contributed by atoms with Gasteiger partial charge in [-0.1, -0.05) is 30.7 Å². The minimum atomic E-state index is -0.933. The second-order valence-electron chi connectivity index (χ2n) is 4.77. The first-order valence-electron chi connectivity index (χ1n) is 6.37. The maximum atomic E-state index is 11.2. The summed E-state index contributed by atoms with van der Waals surface area (Å²) in [5.74, 6) is -0.933. The lowest BCUT2D eigenvalue weighted by Gasteiger charge is -2.09. The second-order valence-corrected chi connectivity index (χ2v) is 4.77. The van der Waals surface area contributed by atoms with Crippen LogP contribution in [0.4, 0.5) is 0 Å². The van der Waals surface area contributed by atoms with E-state index in [1.807, 2.05) is 20.8 Å². The summed E-state index contributed by atoms with van der Waals surface area (Å²) in [5.41, 5.74) is 4.48. The Morgan fingerprint density at radius 3 is 2.68 bits per heavy atom. The first-order valence-corrected chi connectivity index (χ1v) is 6.37. The van der Waals surface area contributed by atoms with Crippen LogP contribution in [0.3, 0.4) is 0 Å². The molecule has 19 heavy (non-hydrogen) atoms. The zero-order valence-electron chi connectivity index (χ0n) is 11.5. The van der Waals surface area contributed by atoms with Crippen LogP contribution in [0, 0.1) is 13.8 Å². The average Bonchev–Trinajstić information content (AvgIpc) is 2.77. The topological polar surface area (TPSA) is 55.1 Å². The molecule has 1 aromatic carbocycles. The fraction of sp³-hybridized carbons (Fsp3) is 0.333. The number of carboxylic acids is 1. The predicted octanol–water partition coefficient (Wildman–Crippen LogP) is 2.81. The lowest BCUT2D eigenvalue weighted by Crippen LogP contribution is -2.11. The number of carbonyl (C=O) groups is 1. The van der Waals surface area contributed by atoms with Gasteiger partial charge in [0.2, 0.25) is 0 Å². The third kappa shape index (κ3) is 2.84. The van der Waals surface area contributed by atoms with Crippen molar-refractivity contribution in [3.63, 3.8) is 0 Å². The number of aryl methyl sites for hydroxylation is 3. The van der Waals surface area contributed by atoms with E-state index in [9.17, 15) is 9.90 Å². The van der Waals surface area contributed by atoms with Crippen molar-refractivity contribution in [3.05, 3.63) is 52.3 Å². The standard InChI is InChI=1S/C15H18N2O2/c1-4-13-8-14(15(18)19)17(16-13)9-12-7-10(2)5-6-11(12)3/h5-8H,4,9H2,1-3H3,(H,18,19). The largest absolute Gasteiger partial charge is 0.477 e. The molecule has 2 aromatic rings. The van der Waals surface area contributed by atoms with Gasteiger partial charge in [-0.25, -0.2) is 4.79 Å². The van der Waals surface area contributed by atoms with E-state index in [1.54, 1.807) is 10.7 Å². The van der Waals surface area contributed by atoms with Crippen LogP contribution in [0.5, 0.6) is 0 Å². The van der Waals surface area contributed by atoms with Crippen molar-refractivity contribution in [1.82, 2.24) is 9.78 Å². The van der Waals surface area contributed by atoms with Gasteiger partial charge in [0.25, 0.3) is 0 Å². The zero-order valence-corrected chi connectivity index (χ0v) is 11.5. The van der Waals surface area contributed by atoms with Crippen LogP contribution in [-0.4, -0.2) is 20.9 Å². The van der Waals surface area contributed by atoms with Crippen LogP contribution in [0.1, 0.15) is 39.8 Å². The number of aromatic carboxylic acids is 1. The molecule has 100 valence electrons. The van der Waals surface area contributed by atoms with E-state index in [0.717, 1.165) is 23.2 Å². The van der Waals surface area contributed by atoms with E-state index in [2.05, 4.69) is 23.3 Å². The highest BCUT2D eigenvalue weighted by atomic mass is 16.4. The van der Waals surface area contributed by atoms with Gasteiger partial charge < -0.3 is 5.11 Å². The molecular formula is C15H18N2O2. The molecule has 0 aliphatic carbocycles. The summed E-state index contributed by atoms with van der Waals surface area (Å²) in [6, 6.07) is 7.83. The number of aromatic nitrogens is 2. The highest BCUT2D eigenvalue weighted by molar-refractivity contribution is 5.85. The van der Waals surface area contributed by atoms with Crippen LogP contribution in [0.2, 0.25) is 0 Å². The summed E-state index contributed by atoms with van der Waals surface area (Å²) < 4.78 is 1.57. The Kier molecular flexibility index (Phi) is 3.69. The molecule has 0 spiro atoms.